The highest BCUT2D eigenvalue weighted by atomic mass is 35.5. The van der Waals surface area contributed by atoms with Gasteiger partial charge >= 0.3 is 0 Å². The number of amides is 2. The van der Waals surface area contributed by atoms with Gasteiger partial charge in [-0.2, -0.15) is 10.1 Å². The summed E-state index contributed by atoms with van der Waals surface area (Å²) in [6.45, 7) is 0. The first-order chi connectivity index (χ1) is 17.0. The van der Waals surface area contributed by atoms with Crippen LogP contribution in [0.4, 0.5) is 5.69 Å². The lowest BCUT2D eigenvalue weighted by Crippen LogP contribution is -2.25. The van der Waals surface area contributed by atoms with Gasteiger partial charge in [-0.15, -0.1) is 0 Å². The quantitative estimate of drug-likeness (QED) is 0.434. The summed E-state index contributed by atoms with van der Waals surface area (Å²) in [5, 5.41) is 10.5. The number of nitrogens with zero attached hydrogens (tertiary/aromatic N) is 3. The Morgan fingerprint density at radius 1 is 1.00 bits per heavy atom. The van der Waals surface area contributed by atoms with E-state index >= 15 is 0 Å². The highest BCUT2D eigenvalue weighted by molar-refractivity contribution is 8.15. The van der Waals surface area contributed by atoms with E-state index < -0.39 is 5.25 Å². The molecule has 1 N–H and O–H groups in total. The number of hydrogen-bond donors (Lipinski definition) is 1. The zero-order valence-corrected chi connectivity index (χ0v) is 20.7. The highest BCUT2D eigenvalue weighted by Crippen LogP contribution is 2.38. The van der Waals surface area contributed by atoms with E-state index in [0.717, 1.165) is 16.8 Å². The normalized spacial score (nSPS) is 19.5. The maximum atomic E-state index is 12.7. The topological polar surface area (TPSA) is 74.1 Å². The van der Waals surface area contributed by atoms with Crippen molar-refractivity contribution in [2.24, 2.45) is 10.1 Å². The summed E-state index contributed by atoms with van der Waals surface area (Å²) in [5.74, 6) is -0.617. The summed E-state index contributed by atoms with van der Waals surface area (Å²) < 4.78 is 0. The Morgan fingerprint density at radius 3 is 2.51 bits per heavy atom. The number of amidine groups is 1. The molecule has 5 rings (SSSR count). The van der Waals surface area contributed by atoms with Crippen molar-refractivity contribution in [1.82, 2.24) is 5.01 Å². The summed E-state index contributed by atoms with van der Waals surface area (Å²) in [6.07, 6.45) is 0.653. The summed E-state index contributed by atoms with van der Waals surface area (Å²) in [7, 11) is 0. The van der Waals surface area contributed by atoms with E-state index in [0.29, 0.717) is 27.3 Å². The molecule has 0 fully saturated rings. The van der Waals surface area contributed by atoms with Gasteiger partial charge in [0, 0.05) is 28.6 Å². The maximum Gasteiger partial charge on any atom is 0.262 e. The molecule has 2 unspecified atom stereocenters. The first-order valence-corrected chi connectivity index (χ1v) is 12.6. The SMILES string of the molecule is O=C(CC1SC(N2N=C(c3ccc(Cl)cc3)CC2c2ccccc2)=NC1=O)Nc1cccc(Cl)c1. The second kappa shape index (κ2) is 10.2. The number of hydrogen-bond acceptors (Lipinski definition) is 5. The molecule has 2 atom stereocenters. The molecular formula is C26H20Cl2N4O2S. The molecule has 3 aromatic carbocycles. The fourth-order valence-corrected chi connectivity index (χ4v) is 5.37. The van der Waals surface area contributed by atoms with Gasteiger partial charge in [0.05, 0.1) is 11.8 Å². The van der Waals surface area contributed by atoms with Crippen molar-refractivity contribution >= 4 is 63.3 Å². The van der Waals surface area contributed by atoms with Gasteiger partial charge in [-0.25, -0.2) is 5.01 Å². The van der Waals surface area contributed by atoms with Crippen molar-refractivity contribution in [1.29, 1.82) is 0 Å². The Hall–Kier alpha value is -3.13. The standard InChI is InChI=1S/C26H20Cl2N4O2S/c27-18-11-9-16(10-12-18)21-14-22(17-5-2-1-3-6-17)32(31-21)26-30-25(34)23(35-26)15-24(33)29-20-8-4-7-19(28)13-20/h1-13,22-23H,14-15H2,(H,29,33). The molecule has 2 aliphatic rings. The summed E-state index contributed by atoms with van der Waals surface area (Å²) in [5.41, 5.74) is 3.50. The Balaban J connectivity index is 1.34. The molecular weight excluding hydrogens is 503 g/mol. The Labute approximate surface area is 217 Å². The van der Waals surface area contributed by atoms with E-state index in [1.807, 2.05) is 54.6 Å². The van der Waals surface area contributed by atoms with Crippen LogP contribution in [0.2, 0.25) is 10.0 Å². The predicted molar refractivity (Wildman–Crippen MR) is 142 cm³/mol. The number of aliphatic imine (C=N–C) groups is 1. The number of nitrogens with one attached hydrogen (secondary N) is 1. The van der Waals surface area contributed by atoms with Crippen LogP contribution in [0.25, 0.3) is 0 Å². The van der Waals surface area contributed by atoms with Gasteiger partial charge in [0.1, 0.15) is 5.25 Å². The number of rotatable bonds is 5. The molecule has 0 radical (unpaired) electrons. The zero-order valence-electron chi connectivity index (χ0n) is 18.4. The first-order valence-electron chi connectivity index (χ1n) is 11.0. The van der Waals surface area contributed by atoms with E-state index in [1.54, 1.807) is 29.3 Å². The van der Waals surface area contributed by atoms with E-state index in [-0.39, 0.29) is 24.3 Å². The number of carbonyl (C=O) groups is 2. The van der Waals surface area contributed by atoms with Crippen molar-refractivity contribution in [3.63, 3.8) is 0 Å². The molecule has 176 valence electrons. The van der Waals surface area contributed by atoms with E-state index in [4.69, 9.17) is 28.3 Å². The molecule has 6 nitrogen and oxygen atoms in total. The maximum absolute atomic E-state index is 12.7. The number of carbonyl (C=O) groups excluding carboxylic acids is 2. The fourth-order valence-electron chi connectivity index (χ4n) is 3.99. The molecule has 35 heavy (non-hydrogen) atoms. The van der Waals surface area contributed by atoms with Crippen LogP contribution in [0.1, 0.15) is 30.0 Å². The largest absolute Gasteiger partial charge is 0.326 e. The fraction of sp³-hybridized carbons (Fsp3) is 0.154. The molecule has 3 aromatic rings. The third kappa shape index (κ3) is 5.42. The van der Waals surface area contributed by atoms with Gasteiger partial charge < -0.3 is 5.32 Å². The van der Waals surface area contributed by atoms with Crippen LogP contribution in [-0.4, -0.2) is 33.0 Å². The Morgan fingerprint density at radius 2 is 1.77 bits per heavy atom. The lowest BCUT2D eigenvalue weighted by molar-refractivity contribution is -0.121. The minimum absolute atomic E-state index is 0.000608. The molecule has 0 aromatic heterocycles. The lowest BCUT2D eigenvalue weighted by atomic mass is 9.99. The zero-order chi connectivity index (χ0) is 24.4. The van der Waals surface area contributed by atoms with Crippen molar-refractivity contribution in [2.45, 2.75) is 24.1 Å². The van der Waals surface area contributed by atoms with Crippen molar-refractivity contribution in [3.05, 3.63) is 100 Å². The molecule has 0 saturated carbocycles. The second-order valence-corrected chi connectivity index (χ2v) is 10.2. The van der Waals surface area contributed by atoms with Gasteiger partial charge in [0.25, 0.3) is 5.91 Å². The minimum atomic E-state index is -0.615. The smallest absolute Gasteiger partial charge is 0.262 e. The predicted octanol–water partition coefficient (Wildman–Crippen LogP) is 6.17. The number of halogens is 2. The van der Waals surface area contributed by atoms with Crippen LogP contribution in [0.15, 0.2) is 89.0 Å². The summed E-state index contributed by atoms with van der Waals surface area (Å²) >= 11 is 13.3. The summed E-state index contributed by atoms with van der Waals surface area (Å²) in [6, 6.07) is 24.3. The van der Waals surface area contributed by atoms with Gasteiger partial charge in [-0.1, -0.05) is 83.5 Å². The number of hydrazone groups is 1. The number of thioether (sulfide) groups is 1. The Bertz CT molecular complexity index is 1330. The third-order valence-corrected chi connectivity index (χ3v) is 7.31. The molecule has 2 aliphatic heterocycles. The van der Waals surface area contributed by atoms with Gasteiger partial charge in [0.15, 0.2) is 5.17 Å². The lowest BCUT2D eigenvalue weighted by Gasteiger charge is -2.23. The van der Waals surface area contributed by atoms with Crippen LogP contribution >= 0.6 is 35.0 Å². The monoisotopic (exact) mass is 522 g/mol. The van der Waals surface area contributed by atoms with Crippen molar-refractivity contribution in [2.75, 3.05) is 5.32 Å². The van der Waals surface area contributed by atoms with Crippen LogP contribution < -0.4 is 5.32 Å². The van der Waals surface area contributed by atoms with Crippen LogP contribution in [-0.2, 0) is 9.59 Å². The number of benzene rings is 3. The molecule has 0 aliphatic carbocycles. The van der Waals surface area contributed by atoms with Crippen LogP contribution in [0.3, 0.4) is 0 Å². The van der Waals surface area contributed by atoms with Crippen LogP contribution in [0.5, 0.6) is 0 Å². The molecule has 0 spiro atoms. The van der Waals surface area contributed by atoms with E-state index in [9.17, 15) is 9.59 Å². The van der Waals surface area contributed by atoms with E-state index in [1.165, 1.54) is 11.8 Å². The van der Waals surface area contributed by atoms with Gasteiger partial charge in [0.2, 0.25) is 5.91 Å². The Kier molecular flexibility index (Phi) is 6.90. The van der Waals surface area contributed by atoms with Gasteiger partial charge in [-0.3, -0.25) is 9.59 Å². The van der Waals surface area contributed by atoms with Crippen molar-refractivity contribution < 1.29 is 9.59 Å². The minimum Gasteiger partial charge on any atom is -0.326 e. The molecule has 0 bridgehead atoms. The van der Waals surface area contributed by atoms with Crippen LogP contribution in [0, 0.1) is 0 Å². The first kappa shape index (κ1) is 23.6. The average molecular weight is 523 g/mol. The molecule has 2 amide bonds. The summed E-state index contributed by atoms with van der Waals surface area (Å²) in [4.78, 5) is 29.6. The second-order valence-electron chi connectivity index (χ2n) is 8.13. The molecule has 0 saturated heterocycles. The molecule has 2 heterocycles. The van der Waals surface area contributed by atoms with E-state index in [2.05, 4.69) is 10.3 Å². The highest BCUT2D eigenvalue weighted by Gasteiger charge is 2.39. The third-order valence-electron chi connectivity index (χ3n) is 5.68. The molecule has 9 heteroatoms. The van der Waals surface area contributed by atoms with Gasteiger partial charge in [-0.05, 0) is 41.5 Å². The van der Waals surface area contributed by atoms with Crippen molar-refractivity contribution in [3.8, 4) is 0 Å². The number of anilines is 1. The average Bonchev–Trinajstić information content (AvgIpc) is 3.44.